The minimum absolute atomic E-state index is 0.0718. The highest BCUT2D eigenvalue weighted by Crippen LogP contribution is 2.32. The van der Waals surface area contributed by atoms with Crippen LogP contribution in [0.3, 0.4) is 0 Å². The first-order chi connectivity index (χ1) is 16.8. The van der Waals surface area contributed by atoms with Gasteiger partial charge in [-0.25, -0.2) is 9.97 Å². The third-order valence-electron chi connectivity index (χ3n) is 6.22. The molecule has 190 valence electrons. The van der Waals surface area contributed by atoms with Crippen LogP contribution in [0.2, 0.25) is 0 Å². The van der Waals surface area contributed by atoms with Crippen molar-refractivity contribution < 1.29 is 22.7 Å². The molecule has 1 amide bonds. The van der Waals surface area contributed by atoms with Crippen LogP contribution in [0.5, 0.6) is 0 Å². The normalized spacial score (nSPS) is 19.2. The molecule has 35 heavy (non-hydrogen) atoms. The number of piperazine rings is 1. The first-order valence-electron chi connectivity index (χ1n) is 11.9. The van der Waals surface area contributed by atoms with Crippen molar-refractivity contribution in [3.63, 3.8) is 0 Å². The number of nitrogens with zero attached hydrogens (tertiary/aromatic N) is 4. The van der Waals surface area contributed by atoms with E-state index in [-0.39, 0.29) is 17.2 Å². The number of aromatic nitrogens is 2. The van der Waals surface area contributed by atoms with Gasteiger partial charge in [-0.2, -0.15) is 13.2 Å². The second-order valence-electron chi connectivity index (χ2n) is 8.64. The fourth-order valence-electron chi connectivity index (χ4n) is 4.09. The van der Waals surface area contributed by atoms with Crippen LogP contribution >= 0.6 is 11.8 Å². The molecule has 1 aromatic heterocycles. The number of thioether (sulfide) groups is 1. The van der Waals surface area contributed by atoms with Crippen LogP contribution in [0.1, 0.15) is 41.4 Å². The van der Waals surface area contributed by atoms with E-state index < -0.39 is 11.9 Å². The van der Waals surface area contributed by atoms with Gasteiger partial charge in [0, 0.05) is 56.7 Å². The smallest absolute Gasteiger partial charge is 0.376 e. The molecule has 7 nitrogen and oxygen atoms in total. The van der Waals surface area contributed by atoms with Crippen molar-refractivity contribution in [1.82, 2.24) is 20.2 Å². The standard InChI is InChI=1S/C24H30F3N5O2S/c1-2-31-9-11-32(12-10-31)21-14-20(24(25,26)27)29-23(30-21)35-16-17-5-7-18(8-6-17)22(33)28-15-19-4-3-13-34-19/h5-8,14,19H,2-4,9-13,15-16H2,1H3,(H,28,33)/t19-/m0/s1. The van der Waals surface area contributed by atoms with Crippen molar-refractivity contribution >= 4 is 23.5 Å². The van der Waals surface area contributed by atoms with Gasteiger partial charge in [0.1, 0.15) is 5.82 Å². The lowest BCUT2D eigenvalue weighted by molar-refractivity contribution is -0.141. The Labute approximate surface area is 207 Å². The number of alkyl halides is 3. The minimum atomic E-state index is -4.54. The number of hydrogen-bond donors (Lipinski definition) is 1. The summed E-state index contributed by atoms with van der Waals surface area (Å²) in [5, 5.41) is 2.97. The monoisotopic (exact) mass is 509 g/mol. The van der Waals surface area contributed by atoms with E-state index in [1.54, 1.807) is 24.3 Å². The second-order valence-corrected chi connectivity index (χ2v) is 9.59. The lowest BCUT2D eigenvalue weighted by atomic mass is 10.1. The molecule has 0 aliphatic carbocycles. The van der Waals surface area contributed by atoms with Crippen LogP contribution in [-0.4, -0.2) is 72.8 Å². The molecule has 0 spiro atoms. The van der Waals surface area contributed by atoms with E-state index in [0.717, 1.165) is 62.5 Å². The molecule has 11 heteroatoms. The lowest BCUT2D eigenvalue weighted by Gasteiger charge is -2.35. The third-order valence-corrected chi connectivity index (χ3v) is 7.14. The quantitative estimate of drug-likeness (QED) is 0.428. The number of likely N-dealkylation sites (N-methyl/N-ethyl adjacent to an activating group) is 1. The number of nitrogens with one attached hydrogen (secondary N) is 1. The molecule has 0 bridgehead atoms. The van der Waals surface area contributed by atoms with E-state index in [0.29, 0.717) is 36.8 Å². The molecule has 2 aliphatic rings. The predicted molar refractivity (Wildman–Crippen MR) is 129 cm³/mol. The van der Waals surface area contributed by atoms with Crippen molar-refractivity contribution in [2.24, 2.45) is 0 Å². The molecule has 2 aromatic rings. The Morgan fingerprint density at radius 1 is 1.17 bits per heavy atom. The van der Waals surface area contributed by atoms with Crippen LogP contribution in [-0.2, 0) is 16.7 Å². The van der Waals surface area contributed by atoms with Crippen LogP contribution in [0.25, 0.3) is 0 Å². The number of benzene rings is 1. The Morgan fingerprint density at radius 2 is 1.91 bits per heavy atom. The van der Waals surface area contributed by atoms with Crippen LogP contribution in [0.4, 0.5) is 19.0 Å². The summed E-state index contributed by atoms with van der Waals surface area (Å²) in [6.45, 7) is 7.04. The summed E-state index contributed by atoms with van der Waals surface area (Å²) in [4.78, 5) is 24.7. The molecule has 4 rings (SSSR count). The molecule has 1 N–H and O–H groups in total. The summed E-state index contributed by atoms with van der Waals surface area (Å²) >= 11 is 1.15. The third kappa shape index (κ3) is 7.08. The number of rotatable bonds is 8. The Hall–Kier alpha value is -2.37. The summed E-state index contributed by atoms with van der Waals surface area (Å²) in [6.07, 6.45) is -2.51. The highest BCUT2D eigenvalue weighted by molar-refractivity contribution is 7.98. The number of carbonyl (C=O) groups is 1. The average molecular weight is 510 g/mol. The molecule has 2 saturated heterocycles. The highest BCUT2D eigenvalue weighted by atomic mass is 32.2. The maximum Gasteiger partial charge on any atom is 0.433 e. The Balaban J connectivity index is 1.38. The van der Waals surface area contributed by atoms with Gasteiger partial charge >= 0.3 is 6.18 Å². The summed E-state index contributed by atoms with van der Waals surface area (Å²) in [5.74, 6) is 0.528. The molecular weight excluding hydrogens is 479 g/mol. The lowest BCUT2D eigenvalue weighted by Crippen LogP contribution is -2.46. The first-order valence-corrected chi connectivity index (χ1v) is 12.9. The van der Waals surface area contributed by atoms with Gasteiger partial charge in [-0.3, -0.25) is 4.79 Å². The zero-order valence-electron chi connectivity index (χ0n) is 19.7. The summed E-state index contributed by atoms with van der Waals surface area (Å²) in [5.41, 5.74) is 0.464. The molecular formula is C24H30F3N5O2S. The van der Waals surface area contributed by atoms with Crippen LogP contribution in [0, 0.1) is 0 Å². The molecule has 1 atom stereocenters. The fourth-order valence-corrected chi connectivity index (χ4v) is 4.90. The average Bonchev–Trinajstić information content (AvgIpc) is 3.39. The molecule has 1 aromatic carbocycles. The van der Waals surface area contributed by atoms with Crippen molar-refractivity contribution in [3.8, 4) is 0 Å². The molecule has 3 heterocycles. The number of anilines is 1. The van der Waals surface area contributed by atoms with Crippen LogP contribution in [0.15, 0.2) is 35.5 Å². The largest absolute Gasteiger partial charge is 0.433 e. The van der Waals surface area contributed by atoms with Crippen molar-refractivity contribution in [2.45, 2.75) is 43.0 Å². The molecule has 2 fully saturated rings. The molecule has 0 unspecified atom stereocenters. The molecule has 0 radical (unpaired) electrons. The number of carbonyl (C=O) groups excluding carboxylic acids is 1. The van der Waals surface area contributed by atoms with E-state index in [1.807, 2.05) is 4.90 Å². The Morgan fingerprint density at radius 3 is 2.54 bits per heavy atom. The van der Waals surface area contributed by atoms with Gasteiger partial charge in [-0.15, -0.1) is 0 Å². The van der Waals surface area contributed by atoms with Gasteiger partial charge in [0.2, 0.25) is 0 Å². The van der Waals surface area contributed by atoms with Gasteiger partial charge in [-0.1, -0.05) is 30.8 Å². The summed E-state index contributed by atoms with van der Waals surface area (Å²) < 4.78 is 46.0. The van der Waals surface area contributed by atoms with Crippen molar-refractivity contribution in [2.75, 3.05) is 50.8 Å². The number of hydrogen-bond acceptors (Lipinski definition) is 7. The van der Waals surface area contributed by atoms with Crippen LogP contribution < -0.4 is 10.2 Å². The zero-order chi connectivity index (χ0) is 24.8. The molecule has 0 saturated carbocycles. The van der Waals surface area contributed by atoms with Crippen molar-refractivity contribution in [3.05, 3.63) is 47.2 Å². The van der Waals surface area contributed by atoms with Gasteiger partial charge in [0.05, 0.1) is 6.10 Å². The predicted octanol–water partition coefficient (Wildman–Crippen LogP) is 3.84. The minimum Gasteiger partial charge on any atom is -0.376 e. The highest BCUT2D eigenvalue weighted by Gasteiger charge is 2.34. The van der Waals surface area contributed by atoms with E-state index >= 15 is 0 Å². The zero-order valence-corrected chi connectivity index (χ0v) is 20.5. The number of halogens is 3. The van der Waals surface area contributed by atoms with Crippen molar-refractivity contribution in [1.29, 1.82) is 0 Å². The van der Waals surface area contributed by atoms with Gasteiger partial charge in [-0.05, 0) is 37.1 Å². The first kappa shape index (κ1) is 25.7. The Kier molecular flexibility index (Phi) is 8.51. The number of ether oxygens (including phenoxy) is 1. The summed E-state index contributed by atoms with van der Waals surface area (Å²) in [6, 6.07) is 8.06. The second kappa shape index (κ2) is 11.6. The van der Waals surface area contributed by atoms with E-state index in [9.17, 15) is 18.0 Å². The van der Waals surface area contributed by atoms with Gasteiger partial charge in [0.15, 0.2) is 10.9 Å². The van der Waals surface area contributed by atoms with Gasteiger partial charge in [0.25, 0.3) is 5.91 Å². The maximum absolute atomic E-state index is 13.5. The van der Waals surface area contributed by atoms with E-state index in [2.05, 4.69) is 27.1 Å². The number of amides is 1. The van der Waals surface area contributed by atoms with Gasteiger partial charge < -0.3 is 19.9 Å². The molecule has 2 aliphatic heterocycles. The summed E-state index contributed by atoms with van der Waals surface area (Å²) in [7, 11) is 0. The fraction of sp³-hybridized carbons (Fsp3) is 0.542. The topological polar surface area (TPSA) is 70.6 Å². The maximum atomic E-state index is 13.5. The SMILES string of the molecule is CCN1CCN(c2cc(C(F)(F)F)nc(SCc3ccc(C(=O)NC[C@@H]4CCCO4)cc3)n2)CC1. The van der Waals surface area contributed by atoms with E-state index in [1.165, 1.54) is 0 Å². The van der Waals surface area contributed by atoms with E-state index in [4.69, 9.17) is 4.74 Å². The Bertz CT molecular complexity index is 992.